The van der Waals surface area contributed by atoms with Gasteiger partial charge >= 0.3 is 105 Å². The topological polar surface area (TPSA) is 0 Å². The van der Waals surface area contributed by atoms with Crippen LogP contribution in [0.2, 0.25) is 3.12 Å². The molecular weight excluding hydrogens is 330 g/mol. The van der Waals surface area contributed by atoms with Crippen molar-refractivity contribution in [3.8, 4) is 0 Å². The van der Waals surface area contributed by atoms with Crippen LogP contribution in [-0.2, 0) is 23.2 Å². The molecule has 0 aliphatic heterocycles. The van der Waals surface area contributed by atoms with E-state index in [4.69, 9.17) is 0 Å². The molecule has 2 aliphatic rings. The number of hydrogen-bond acceptors (Lipinski definition) is 0. The van der Waals surface area contributed by atoms with E-state index in [0.29, 0.717) is 3.12 Å². The minimum absolute atomic E-state index is 0. The first-order valence-corrected chi connectivity index (χ1v) is 8.15. The molecule has 0 amide bonds. The molecule has 1 atom stereocenters. The van der Waals surface area contributed by atoms with Gasteiger partial charge in [0.2, 0.25) is 0 Å². The summed E-state index contributed by atoms with van der Waals surface area (Å²) >= 11 is -0.484. The first kappa shape index (κ1) is 17.4. The van der Waals surface area contributed by atoms with E-state index in [9.17, 15) is 0 Å². The van der Waals surface area contributed by atoms with Crippen LogP contribution in [0, 0.1) is 0 Å². The van der Waals surface area contributed by atoms with Crippen LogP contribution in [0.5, 0.6) is 0 Å². The van der Waals surface area contributed by atoms with Crippen LogP contribution in [-0.4, -0.2) is 0 Å². The average molecular weight is 348 g/mol. The van der Waals surface area contributed by atoms with Gasteiger partial charge in [-0.25, -0.2) is 0 Å². The Labute approximate surface area is 129 Å². The van der Waals surface area contributed by atoms with Crippen LogP contribution in [0.15, 0.2) is 44.8 Å². The zero-order valence-corrected chi connectivity index (χ0v) is 14.5. The summed E-state index contributed by atoms with van der Waals surface area (Å²) in [5.41, 5.74) is 3.21. The van der Waals surface area contributed by atoms with Crippen LogP contribution >= 0.6 is 0 Å². The maximum atomic E-state index is 2.42. The predicted octanol–water partition coefficient (Wildman–Crippen LogP) is -1.60. The predicted molar refractivity (Wildman–Crippen MR) is 62.3 cm³/mol. The Morgan fingerprint density at radius 3 is 2.59 bits per heavy atom. The van der Waals surface area contributed by atoms with Gasteiger partial charge in [0.15, 0.2) is 0 Å². The molecule has 2 rings (SSSR count). The summed E-state index contributed by atoms with van der Waals surface area (Å²) in [6.07, 6.45) is 14.1. The van der Waals surface area contributed by atoms with Gasteiger partial charge in [0.1, 0.15) is 0 Å². The third kappa shape index (κ3) is 3.69. The van der Waals surface area contributed by atoms with E-state index < -0.39 is 23.2 Å². The monoisotopic (exact) mass is 346 g/mol. The fourth-order valence-electron chi connectivity index (χ4n) is 2.16. The van der Waals surface area contributed by atoms with Gasteiger partial charge in [0.05, 0.1) is 0 Å². The van der Waals surface area contributed by atoms with E-state index in [2.05, 4.69) is 51.2 Å². The normalized spacial score (nSPS) is 25.2. The van der Waals surface area contributed by atoms with Crippen molar-refractivity contribution in [3.63, 3.8) is 0 Å². The molecule has 0 nitrogen and oxygen atoms in total. The Kier molecular flexibility index (Phi) is 7.30. The molecular formula is C14H18Cl2Zr. The molecule has 2 aliphatic carbocycles. The van der Waals surface area contributed by atoms with Crippen molar-refractivity contribution in [1.82, 2.24) is 0 Å². The first-order valence-electron chi connectivity index (χ1n) is 5.69. The van der Waals surface area contributed by atoms with Crippen molar-refractivity contribution in [2.24, 2.45) is 0 Å². The van der Waals surface area contributed by atoms with Gasteiger partial charge in [-0.2, -0.15) is 0 Å². The Balaban J connectivity index is 0.00000128. The molecule has 0 aromatic heterocycles. The summed E-state index contributed by atoms with van der Waals surface area (Å²) in [5.74, 6) is 0. The quantitative estimate of drug-likeness (QED) is 0.576. The molecule has 0 saturated carbocycles. The molecule has 0 heterocycles. The van der Waals surface area contributed by atoms with Crippen molar-refractivity contribution in [3.05, 3.63) is 44.8 Å². The number of hydrogen-bond donors (Lipinski definition) is 0. The van der Waals surface area contributed by atoms with Gasteiger partial charge in [0, 0.05) is 0 Å². The summed E-state index contributed by atoms with van der Waals surface area (Å²) in [6, 6.07) is 0. The largest absolute Gasteiger partial charge is 1.00 e. The van der Waals surface area contributed by atoms with Crippen molar-refractivity contribution in [2.75, 3.05) is 0 Å². The van der Waals surface area contributed by atoms with Crippen LogP contribution in [0.25, 0.3) is 0 Å². The van der Waals surface area contributed by atoms with Gasteiger partial charge in [-0.3, -0.25) is 0 Å². The van der Waals surface area contributed by atoms with Gasteiger partial charge in [-0.05, 0) is 0 Å². The van der Waals surface area contributed by atoms with Crippen molar-refractivity contribution in [2.45, 2.75) is 36.7 Å². The standard InChI is InChI=1S/2C7H9.2ClH.Zr/c1-6-4-3-5-7(6)2;1-2-7-5-3-4-6-7;;;/h3-5H,1-2H3;3,5H,2,4H2,1H3;2*1H;/q;;;;+2/p-2. The van der Waals surface area contributed by atoms with Crippen molar-refractivity contribution < 1.29 is 48.0 Å². The van der Waals surface area contributed by atoms with Crippen molar-refractivity contribution >= 4 is 0 Å². The second-order valence-electron chi connectivity index (χ2n) is 4.50. The minimum Gasteiger partial charge on any atom is -1.00 e. The Morgan fingerprint density at radius 1 is 1.35 bits per heavy atom. The smallest absolute Gasteiger partial charge is 1.00 e. The van der Waals surface area contributed by atoms with Crippen LogP contribution < -0.4 is 24.8 Å². The minimum atomic E-state index is -0.484. The molecule has 17 heavy (non-hydrogen) atoms. The summed E-state index contributed by atoms with van der Waals surface area (Å²) in [4.78, 5) is 0. The third-order valence-corrected chi connectivity index (χ3v) is 8.10. The molecule has 0 spiro atoms. The van der Waals surface area contributed by atoms with Crippen LogP contribution in [0.3, 0.4) is 0 Å². The summed E-state index contributed by atoms with van der Waals surface area (Å²) < 4.78 is 2.26. The van der Waals surface area contributed by atoms with Gasteiger partial charge in [0.25, 0.3) is 0 Å². The Morgan fingerprint density at radius 2 is 2.06 bits per heavy atom. The fourth-order valence-corrected chi connectivity index (χ4v) is 6.40. The Bertz CT molecular complexity index is 391. The van der Waals surface area contributed by atoms with E-state index >= 15 is 0 Å². The van der Waals surface area contributed by atoms with Crippen LogP contribution in [0.4, 0.5) is 0 Å². The number of halogens is 2. The Hall–Kier alpha value is 0.423. The first-order chi connectivity index (χ1) is 7.15. The van der Waals surface area contributed by atoms with Crippen LogP contribution in [0.1, 0.15) is 33.6 Å². The molecule has 1 unspecified atom stereocenters. The second kappa shape index (κ2) is 7.12. The molecule has 3 heteroatoms. The molecule has 0 fully saturated rings. The average Bonchev–Trinajstić information content (AvgIpc) is 2.76. The summed E-state index contributed by atoms with van der Waals surface area (Å²) in [6.45, 7) is 6.99. The van der Waals surface area contributed by atoms with E-state index in [1.807, 2.05) is 3.28 Å². The molecule has 0 bridgehead atoms. The SMILES string of the molecule is CCC1=[C]([Zr+2][C]2(C)C=CC=C2C)CC=C1.[Cl-].[Cl-]. The maximum Gasteiger partial charge on any atom is -1.00 e. The number of rotatable bonds is 3. The zero-order chi connectivity index (χ0) is 10.9. The third-order valence-electron chi connectivity index (χ3n) is 3.42. The second-order valence-corrected chi connectivity index (χ2v) is 9.15. The molecule has 0 aromatic rings. The number of allylic oxidation sites excluding steroid dienone is 8. The van der Waals surface area contributed by atoms with Gasteiger partial charge < -0.3 is 24.8 Å². The van der Waals surface area contributed by atoms with E-state index in [1.54, 1.807) is 11.1 Å². The summed E-state index contributed by atoms with van der Waals surface area (Å²) in [7, 11) is 0. The molecule has 0 radical (unpaired) electrons. The van der Waals surface area contributed by atoms with E-state index in [0.717, 1.165) is 0 Å². The fraction of sp³-hybridized carbons (Fsp3) is 0.429. The summed E-state index contributed by atoms with van der Waals surface area (Å²) in [5, 5.41) is 0. The van der Waals surface area contributed by atoms with Gasteiger partial charge in [-0.15, -0.1) is 0 Å². The molecule has 0 aromatic carbocycles. The molecule has 92 valence electrons. The van der Waals surface area contributed by atoms with E-state index in [-0.39, 0.29) is 24.8 Å². The molecule has 0 N–H and O–H groups in total. The van der Waals surface area contributed by atoms with E-state index in [1.165, 1.54) is 12.8 Å². The molecule has 0 saturated heterocycles. The zero-order valence-electron chi connectivity index (χ0n) is 10.6. The van der Waals surface area contributed by atoms with Gasteiger partial charge in [-0.1, -0.05) is 0 Å². The maximum absolute atomic E-state index is 2.42. The van der Waals surface area contributed by atoms with Crippen molar-refractivity contribution in [1.29, 1.82) is 0 Å².